The molecule has 0 saturated heterocycles. The fraction of sp³-hybridized carbons (Fsp3) is 0.294. The number of carbonyl (C=O) groups is 1. The third-order valence-corrected chi connectivity index (χ3v) is 3.29. The number of benzene rings is 2. The van der Waals surface area contributed by atoms with Crippen LogP contribution in [-0.4, -0.2) is 19.2 Å². The Hall–Kier alpha value is -2.36. The Kier molecular flexibility index (Phi) is 5.32. The van der Waals surface area contributed by atoms with Crippen molar-refractivity contribution in [2.24, 2.45) is 5.10 Å². The molecule has 0 bridgehead atoms. The zero-order valence-electron chi connectivity index (χ0n) is 12.4. The largest absolute Gasteiger partial charge is 0.496 e. The van der Waals surface area contributed by atoms with Crippen LogP contribution in [0.4, 0.5) is 0 Å². The van der Waals surface area contributed by atoms with Crippen molar-refractivity contribution in [3.8, 4) is 5.75 Å². The summed E-state index contributed by atoms with van der Waals surface area (Å²) in [5.74, 6) is 0.674. The predicted molar refractivity (Wildman–Crippen MR) is 85.8 cm³/mol. The molecule has 0 aliphatic rings. The summed E-state index contributed by atoms with van der Waals surface area (Å²) in [7, 11) is 1.63. The summed E-state index contributed by atoms with van der Waals surface area (Å²) in [6.45, 7) is 2.05. The molecule has 0 heterocycles. The van der Waals surface area contributed by atoms with Gasteiger partial charge >= 0.3 is 0 Å². The Morgan fingerprint density at radius 1 is 1.29 bits per heavy atom. The van der Waals surface area contributed by atoms with Crippen molar-refractivity contribution >= 4 is 22.9 Å². The maximum Gasteiger partial charge on any atom is 0.240 e. The van der Waals surface area contributed by atoms with Gasteiger partial charge in [-0.1, -0.05) is 43.7 Å². The highest BCUT2D eigenvalue weighted by Gasteiger charge is 2.06. The van der Waals surface area contributed by atoms with Crippen molar-refractivity contribution < 1.29 is 9.53 Å². The van der Waals surface area contributed by atoms with Crippen LogP contribution in [0, 0.1) is 0 Å². The van der Waals surface area contributed by atoms with Gasteiger partial charge in [0.15, 0.2) is 0 Å². The van der Waals surface area contributed by atoms with E-state index in [1.165, 1.54) is 0 Å². The molecule has 4 heteroatoms. The molecule has 0 atom stereocenters. The second kappa shape index (κ2) is 7.43. The normalized spacial score (nSPS) is 11.0. The van der Waals surface area contributed by atoms with E-state index in [1.54, 1.807) is 13.3 Å². The summed E-state index contributed by atoms with van der Waals surface area (Å²) in [6.07, 6.45) is 4.01. The molecule has 2 rings (SSSR count). The number of hydrazone groups is 1. The number of nitrogens with zero attached hydrogens (tertiary/aromatic N) is 1. The van der Waals surface area contributed by atoms with Gasteiger partial charge in [0.25, 0.3) is 0 Å². The third kappa shape index (κ3) is 3.81. The van der Waals surface area contributed by atoms with Gasteiger partial charge in [-0.05, 0) is 23.3 Å². The van der Waals surface area contributed by atoms with E-state index in [-0.39, 0.29) is 5.91 Å². The van der Waals surface area contributed by atoms with Gasteiger partial charge in [0.1, 0.15) is 5.75 Å². The highest BCUT2D eigenvalue weighted by Crippen LogP contribution is 2.26. The molecule has 110 valence electrons. The molecule has 2 aromatic rings. The predicted octanol–water partition coefficient (Wildman–Crippen LogP) is 3.49. The molecule has 1 amide bonds. The van der Waals surface area contributed by atoms with E-state index in [0.717, 1.165) is 34.9 Å². The molecule has 0 aliphatic carbocycles. The number of unbranched alkanes of at least 4 members (excludes halogenated alkanes) is 1. The number of ether oxygens (including phenoxy) is 1. The van der Waals surface area contributed by atoms with E-state index in [4.69, 9.17) is 4.74 Å². The Bertz CT molecular complexity index is 650. The highest BCUT2D eigenvalue weighted by molar-refractivity contribution is 6.02. The maximum atomic E-state index is 11.6. The first-order valence-corrected chi connectivity index (χ1v) is 7.14. The standard InChI is InChI=1S/C17H20N2O2/c1-3-4-9-17(20)19-18-12-15-14-8-6-5-7-13(14)10-11-16(15)21-2/h5-8,10-12H,3-4,9H2,1-2H3,(H,19,20)/b18-12+. The van der Waals surface area contributed by atoms with Crippen LogP contribution in [0.1, 0.15) is 31.7 Å². The van der Waals surface area contributed by atoms with Crippen molar-refractivity contribution in [3.63, 3.8) is 0 Å². The van der Waals surface area contributed by atoms with Crippen LogP contribution in [0.25, 0.3) is 10.8 Å². The lowest BCUT2D eigenvalue weighted by atomic mass is 10.0. The van der Waals surface area contributed by atoms with Gasteiger partial charge in [-0.2, -0.15) is 5.10 Å². The number of fused-ring (bicyclic) bond motifs is 1. The number of methoxy groups -OCH3 is 1. The Morgan fingerprint density at radius 2 is 2.10 bits per heavy atom. The first-order chi connectivity index (χ1) is 10.3. The minimum atomic E-state index is -0.0627. The lowest BCUT2D eigenvalue weighted by Gasteiger charge is -2.08. The van der Waals surface area contributed by atoms with Crippen molar-refractivity contribution in [3.05, 3.63) is 42.0 Å². The van der Waals surface area contributed by atoms with Crippen molar-refractivity contribution in [1.29, 1.82) is 0 Å². The summed E-state index contributed by atoms with van der Waals surface area (Å²) in [5.41, 5.74) is 3.42. The summed E-state index contributed by atoms with van der Waals surface area (Å²) in [6, 6.07) is 11.9. The van der Waals surface area contributed by atoms with Crippen LogP contribution < -0.4 is 10.2 Å². The van der Waals surface area contributed by atoms with Crippen LogP contribution in [0.3, 0.4) is 0 Å². The zero-order chi connectivity index (χ0) is 15.1. The van der Waals surface area contributed by atoms with Crippen molar-refractivity contribution in [2.45, 2.75) is 26.2 Å². The second-order valence-electron chi connectivity index (χ2n) is 4.80. The van der Waals surface area contributed by atoms with E-state index >= 15 is 0 Å². The topological polar surface area (TPSA) is 50.7 Å². The average molecular weight is 284 g/mol. The molecular weight excluding hydrogens is 264 g/mol. The smallest absolute Gasteiger partial charge is 0.240 e. The number of nitrogens with one attached hydrogen (secondary N) is 1. The Morgan fingerprint density at radius 3 is 2.86 bits per heavy atom. The summed E-state index contributed by atoms with van der Waals surface area (Å²) in [5, 5.41) is 6.20. The van der Waals surface area contributed by atoms with Gasteiger partial charge < -0.3 is 4.74 Å². The lowest BCUT2D eigenvalue weighted by molar-refractivity contribution is -0.121. The molecule has 0 unspecified atom stereocenters. The van der Waals surface area contributed by atoms with Crippen LogP contribution >= 0.6 is 0 Å². The van der Waals surface area contributed by atoms with Gasteiger partial charge in [0.05, 0.1) is 13.3 Å². The second-order valence-corrected chi connectivity index (χ2v) is 4.80. The molecule has 0 spiro atoms. The Balaban J connectivity index is 2.22. The van der Waals surface area contributed by atoms with Gasteiger partial charge in [0.2, 0.25) is 5.91 Å². The van der Waals surface area contributed by atoms with Crippen LogP contribution in [0.2, 0.25) is 0 Å². The molecule has 0 radical (unpaired) electrons. The number of hydrogen-bond acceptors (Lipinski definition) is 3. The molecule has 4 nitrogen and oxygen atoms in total. The number of amides is 1. The van der Waals surface area contributed by atoms with Crippen molar-refractivity contribution in [2.75, 3.05) is 7.11 Å². The fourth-order valence-electron chi connectivity index (χ4n) is 2.15. The Labute approximate surface area is 124 Å². The minimum absolute atomic E-state index is 0.0627. The first kappa shape index (κ1) is 15.0. The van der Waals surface area contributed by atoms with E-state index in [9.17, 15) is 4.79 Å². The molecule has 21 heavy (non-hydrogen) atoms. The van der Waals surface area contributed by atoms with Gasteiger partial charge in [-0.25, -0.2) is 5.43 Å². The third-order valence-electron chi connectivity index (χ3n) is 3.29. The van der Waals surface area contributed by atoms with Crippen LogP contribution in [0.15, 0.2) is 41.5 Å². The maximum absolute atomic E-state index is 11.6. The average Bonchev–Trinajstić information content (AvgIpc) is 2.53. The van der Waals surface area contributed by atoms with Gasteiger partial charge in [0, 0.05) is 12.0 Å². The molecule has 2 aromatic carbocycles. The van der Waals surface area contributed by atoms with Crippen LogP contribution in [0.5, 0.6) is 5.75 Å². The number of carbonyl (C=O) groups excluding carboxylic acids is 1. The fourth-order valence-corrected chi connectivity index (χ4v) is 2.15. The zero-order valence-corrected chi connectivity index (χ0v) is 12.4. The van der Waals surface area contributed by atoms with Crippen LogP contribution in [-0.2, 0) is 4.79 Å². The molecule has 0 saturated carbocycles. The van der Waals surface area contributed by atoms with Gasteiger partial charge in [-0.15, -0.1) is 0 Å². The highest BCUT2D eigenvalue weighted by atomic mass is 16.5. The molecule has 0 aliphatic heterocycles. The molecular formula is C17H20N2O2. The van der Waals surface area contributed by atoms with E-state index in [1.807, 2.05) is 36.4 Å². The lowest BCUT2D eigenvalue weighted by Crippen LogP contribution is -2.16. The quantitative estimate of drug-likeness (QED) is 0.652. The summed E-state index contributed by atoms with van der Waals surface area (Å²) in [4.78, 5) is 11.6. The summed E-state index contributed by atoms with van der Waals surface area (Å²) >= 11 is 0. The van der Waals surface area contributed by atoms with E-state index < -0.39 is 0 Å². The van der Waals surface area contributed by atoms with Gasteiger partial charge in [-0.3, -0.25) is 4.79 Å². The van der Waals surface area contributed by atoms with Crippen molar-refractivity contribution in [1.82, 2.24) is 5.43 Å². The number of hydrogen-bond donors (Lipinski definition) is 1. The summed E-state index contributed by atoms with van der Waals surface area (Å²) < 4.78 is 5.37. The van der Waals surface area contributed by atoms with E-state index in [2.05, 4.69) is 17.5 Å². The van der Waals surface area contributed by atoms with E-state index in [0.29, 0.717) is 6.42 Å². The molecule has 0 aromatic heterocycles. The monoisotopic (exact) mass is 284 g/mol. The first-order valence-electron chi connectivity index (χ1n) is 7.14. The molecule has 1 N–H and O–H groups in total. The molecule has 0 fully saturated rings. The number of rotatable bonds is 6. The minimum Gasteiger partial charge on any atom is -0.496 e. The SMILES string of the molecule is CCCCC(=O)N/N=C/c1c(OC)ccc2ccccc12.